The van der Waals surface area contributed by atoms with Gasteiger partial charge in [-0.15, -0.1) is 0 Å². The summed E-state index contributed by atoms with van der Waals surface area (Å²) in [5.74, 6) is 0.137. The summed E-state index contributed by atoms with van der Waals surface area (Å²) in [6, 6.07) is 0.269. The van der Waals surface area contributed by atoms with Crippen LogP contribution in [0.15, 0.2) is 0 Å². The maximum atomic E-state index is 11.9. The van der Waals surface area contributed by atoms with Gasteiger partial charge in [-0.25, -0.2) is 0 Å². The molecule has 104 valence electrons. The summed E-state index contributed by atoms with van der Waals surface area (Å²) in [5, 5.41) is 15.9. The Labute approximate surface area is 109 Å². The molecule has 0 unspecified atom stereocenters. The van der Waals surface area contributed by atoms with Gasteiger partial charge in [-0.2, -0.15) is 0 Å². The molecule has 5 heteroatoms. The Balaban J connectivity index is 1.67. The van der Waals surface area contributed by atoms with E-state index in [4.69, 9.17) is 0 Å². The lowest BCUT2D eigenvalue weighted by Crippen LogP contribution is -2.44. The number of aliphatic hydroxyl groups is 1. The molecule has 5 nitrogen and oxygen atoms in total. The van der Waals surface area contributed by atoms with Crippen molar-refractivity contribution in [3.63, 3.8) is 0 Å². The topological polar surface area (TPSA) is 64.6 Å². The third-order valence-corrected chi connectivity index (χ3v) is 3.86. The SMILES string of the molecule is O=C(CN1CCCNCC1)NC1CCC(O)CC1. The molecule has 0 radical (unpaired) electrons. The number of hydrogen-bond donors (Lipinski definition) is 3. The summed E-state index contributed by atoms with van der Waals surface area (Å²) >= 11 is 0. The fourth-order valence-corrected chi connectivity index (χ4v) is 2.76. The first kappa shape index (κ1) is 13.8. The van der Waals surface area contributed by atoms with Crippen molar-refractivity contribution in [3.8, 4) is 0 Å². The van der Waals surface area contributed by atoms with Gasteiger partial charge in [0.25, 0.3) is 0 Å². The highest BCUT2D eigenvalue weighted by atomic mass is 16.3. The van der Waals surface area contributed by atoms with Gasteiger partial charge in [0, 0.05) is 19.1 Å². The van der Waals surface area contributed by atoms with Crippen LogP contribution >= 0.6 is 0 Å². The molecule has 1 saturated carbocycles. The minimum atomic E-state index is -0.158. The Morgan fingerprint density at radius 2 is 2.00 bits per heavy atom. The Bertz CT molecular complexity index is 257. The summed E-state index contributed by atoms with van der Waals surface area (Å²) in [7, 11) is 0. The minimum Gasteiger partial charge on any atom is -0.393 e. The van der Waals surface area contributed by atoms with Crippen molar-refractivity contribution >= 4 is 5.91 Å². The zero-order chi connectivity index (χ0) is 12.8. The highest BCUT2D eigenvalue weighted by Gasteiger charge is 2.21. The van der Waals surface area contributed by atoms with Crippen molar-refractivity contribution < 1.29 is 9.90 Å². The van der Waals surface area contributed by atoms with Crippen molar-refractivity contribution in [1.29, 1.82) is 0 Å². The lowest BCUT2D eigenvalue weighted by atomic mass is 9.93. The van der Waals surface area contributed by atoms with E-state index in [-0.39, 0.29) is 18.1 Å². The molecule has 1 amide bonds. The average Bonchev–Trinajstić information content (AvgIpc) is 2.61. The number of amides is 1. The van der Waals surface area contributed by atoms with Crippen LogP contribution in [0.3, 0.4) is 0 Å². The fourth-order valence-electron chi connectivity index (χ4n) is 2.76. The third-order valence-electron chi connectivity index (χ3n) is 3.86. The number of hydrogen-bond acceptors (Lipinski definition) is 4. The Kier molecular flexibility index (Phi) is 5.41. The van der Waals surface area contributed by atoms with Gasteiger partial charge in [0.1, 0.15) is 0 Å². The lowest BCUT2D eigenvalue weighted by Gasteiger charge is -2.27. The van der Waals surface area contributed by atoms with E-state index in [1.54, 1.807) is 0 Å². The first-order chi connectivity index (χ1) is 8.74. The van der Waals surface area contributed by atoms with Crippen molar-refractivity contribution in [2.45, 2.75) is 44.2 Å². The molecule has 0 bridgehead atoms. The second-order valence-corrected chi connectivity index (χ2v) is 5.45. The second kappa shape index (κ2) is 7.07. The molecule has 2 aliphatic rings. The van der Waals surface area contributed by atoms with Crippen LogP contribution in [0.2, 0.25) is 0 Å². The van der Waals surface area contributed by atoms with Gasteiger partial charge in [0.15, 0.2) is 0 Å². The van der Waals surface area contributed by atoms with Gasteiger partial charge < -0.3 is 15.7 Å². The second-order valence-electron chi connectivity index (χ2n) is 5.45. The summed E-state index contributed by atoms with van der Waals surface area (Å²) < 4.78 is 0. The van der Waals surface area contributed by atoms with Crippen molar-refractivity contribution in [2.75, 3.05) is 32.7 Å². The minimum absolute atomic E-state index is 0.137. The van der Waals surface area contributed by atoms with Crippen LogP contribution in [-0.4, -0.2) is 60.8 Å². The number of nitrogens with one attached hydrogen (secondary N) is 2. The average molecular weight is 255 g/mol. The van der Waals surface area contributed by atoms with E-state index in [9.17, 15) is 9.90 Å². The van der Waals surface area contributed by atoms with Gasteiger partial charge in [-0.3, -0.25) is 9.69 Å². The third kappa shape index (κ3) is 4.55. The van der Waals surface area contributed by atoms with E-state index < -0.39 is 0 Å². The van der Waals surface area contributed by atoms with Gasteiger partial charge in [0.05, 0.1) is 12.6 Å². The van der Waals surface area contributed by atoms with Crippen LogP contribution in [0.25, 0.3) is 0 Å². The maximum Gasteiger partial charge on any atom is 0.234 e. The molecule has 2 fully saturated rings. The molecular weight excluding hydrogens is 230 g/mol. The van der Waals surface area contributed by atoms with Gasteiger partial charge in [0.2, 0.25) is 5.91 Å². The standard InChI is InChI=1S/C13H25N3O2/c17-12-4-2-11(3-5-12)15-13(18)10-16-8-1-6-14-7-9-16/h11-12,14,17H,1-10H2,(H,15,18). The van der Waals surface area contributed by atoms with Crippen LogP contribution in [0, 0.1) is 0 Å². The number of nitrogens with zero attached hydrogens (tertiary/aromatic N) is 1. The number of rotatable bonds is 3. The van der Waals surface area contributed by atoms with Gasteiger partial charge >= 0.3 is 0 Å². The molecule has 1 aliphatic heterocycles. The Morgan fingerprint density at radius 3 is 2.78 bits per heavy atom. The zero-order valence-corrected chi connectivity index (χ0v) is 11.0. The number of carbonyl (C=O) groups excluding carboxylic acids is 1. The van der Waals surface area contributed by atoms with Gasteiger partial charge in [-0.05, 0) is 45.2 Å². The van der Waals surface area contributed by atoms with E-state index in [1.807, 2.05) is 0 Å². The number of carbonyl (C=O) groups is 1. The monoisotopic (exact) mass is 255 g/mol. The first-order valence-corrected chi connectivity index (χ1v) is 7.14. The van der Waals surface area contributed by atoms with Gasteiger partial charge in [-0.1, -0.05) is 0 Å². The van der Waals surface area contributed by atoms with Crippen LogP contribution in [-0.2, 0) is 4.79 Å². The smallest absolute Gasteiger partial charge is 0.234 e. The summed E-state index contributed by atoms with van der Waals surface area (Å²) in [6.07, 6.45) is 4.41. The highest BCUT2D eigenvalue weighted by Crippen LogP contribution is 2.18. The van der Waals surface area contributed by atoms with Crippen LogP contribution in [0.5, 0.6) is 0 Å². The zero-order valence-electron chi connectivity index (χ0n) is 11.0. The molecule has 0 spiro atoms. The van der Waals surface area contributed by atoms with E-state index in [0.717, 1.165) is 58.3 Å². The van der Waals surface area contributed by atoms with E-state index in [1.165, 1.54) is 0 Å². The normalized spacial score (nSPS) is 30.7. The molecule has 0 atom stereocenters. The van der Waals surface area contributed by atoms with Crippen molar-refractivity contribution in [2.24, 2.45) is 0 Å². The molecule has 0 aromatic heterocycles. The highest BCUT2D eigenvalue weighted by molar-refractivity contribution is 5.78. The Hall–Kier alpha value is -0.650. The van der Waals surface area contributed by atoms with E-state index in [0.29, 0.717) is 6.54 Å². The molecule has 0 aromatic rings. The van der Waals surface area contributed by atoms with Crippen LogP contribution in [0.4, 0.5) is 0 Å². The molecule has 3 N–H and O–H groups in total. The quantitative estimate of drug-likeness (QED) is 0.648. The molecular formula is C13H25N3O2. The number of aliphatic hydroxyl groups excluding tert-OH is 1. The van der Waals surface area contributed by atoms with Crippen LogP contribution in [0.1, 0.15) is 32.1 Å². The lowest BCUT2D eigenvalue weighted by molar-refractivity contribution is -0.123. The summed E-state index contributed by atoms with van der Waals surface area (Å²) in [6.45, 7) is 4.50. The van der Waals surface area contributed by atoms with E-state index >= 15 is 0 Å². The van der Waals surface area contributed by atoms with Crippen molar-refractivity contribution in [1.82, 2.24) is 15.5 Å². The largest absolute Gasteiger partial charge is 0.393 e. The molecule has 1 heterocycles. The summed E-state index contributed by atoms with van der Waals surface area (Å²) in [4.78, 5) is 14.2. The predicted octanol–water partition coefficient (Wildman–Crippen LogP) is -0.299. The van der Waals surface area contributed by atoms with E-state index in [2.05, 4.69) is 15.5 Å². The molecule has 0 aromatic carbocycles. The molecule has 2 rings (SSSR count). The molecule has 1 aliphatic carbocycles. The molecule has 1 saturated heterocycles. The predicted molar refractivity (Wildman–Crippen MR) is 70.3 cm³/mol. The van der Waals surface area contributed by atoms with Crippen LogP contribution < -0.4 is 10.6 Å². The summed E-state index contributed by atoms with van der Waals surface area (Å²) in [5.41, 5.74) is 0. The molecule has 18 heavy (non-hydrogen) atoms. The maximum absolute atomic E-state index is 11.9. The Morgan fingerprint density at radius 1 is 1.22 bits per heavy atom. The first-order valence-electron chi connectivity index (χ1n) is 7.14. The fraction of sp³-hybridized carbons (Fsp3) is 0.923. The van der Waals surface area contributed by atoms with Crippen molar-refractivity contribution in [3.05, 3.63) is 0 Å².